The molecular weight excluding hydrogens is 376 g/mol. The Labute approximate surface area is 167 Å². The number of rotatable bonds is 8. The first-order chi connectivity index (χ1) is 13.5. The first kappa shape index (κ1) is 19.8. The van der Waals surface area contributed by atoms with Crippen molar-refractivity contribution in [1.29, 1.82) is 0 Å². The van der Waals surface area contributed by atoms with Crippen molar-refractivity contribution in [2.24, 2.45) is 0 Å². The molecule has 0 unspecified atom stereocenters. The molecule has 28 heavy (non-hydrogen) atoms. The fourth-order valence-corrected chi connectivity index (χ4v) is 4.03. The average molecular weight is 396 g/mol. The maximum Gasteiger partial charge on any atom is 0.269 e. The van der Waals surface area contributed by atoms with Crippen molar-refractivity contribution >= 4 is 34.8 Å². The minimum Gasteiger partial charge on any atom is -0.274 e. The van der Waals surface area contributed by atoms with Crippen LogP contribution in [0, 0.1) is 10.1 Å². The van der Waals surface area contributed by atoms with E-state index in [2.05, 4.69) is 0 Å². The molecule has 0 atom stereocenters. The third kappa shape index (κ3) is 4.14. The van der Waals surface area contributed by atoms with Crippen LogP contribution in [0.3, 0.4) is 0 Å². The van der Waals surface area contributed by atoms with E-state index >= 15 is 0 Å². The summed E-state index contributed by atoms with van der Waals surface area (Å²) in [5.74, 6) is -0.0524. The number of amides is 2. The zero-order chi connectivity index (χ0) is 20.1. The molecule has 0 fully saturated rings. The number of thioether (sulfide) groups is 1. The van der Waals surface area contributed by atoms with E-state index in [1.807, 2.05) is 37.3 Å². The van der Waals surface area contributed by atoms with Crippen molar-refractivity contribution in [2.75, 3.05) is 6.54 Å². The van der Waals surface area contributed by atoms with Gasteiger partial charge < -0.3 is 0 Å². The molecular formula is C21H20N2O4S. The second-order valence-corrected chi connectivity index (χ2v) is 7.38. The summed E-state index contributed by atoms with van der Waals surface area (Å²) in [6, 6.07) is 15.5. The van der Waals surface area contributed by atoms with Crippen LogP contribution >= 0.6 is 11.8 Å². The summed E-state index contributed by atoms with van der Waals surface area (Å²) in [7, 11) is 0. The van der Waals surface area contributed by atoms with Crippen molar-refractivity contribution in [3.8, 4) is 0 Å². The molecule has 1 aliphatic rings. The number of nitro groups is 1. The van der Waals surface area contributed by atoms with E-state index in [-0.39, 0.29) is 17.5 Å². The molecule has 0 saturated heterocycles. The van der Waals surface area contributed by atoms with Gasteiger partial charge in [-0.1, -0.05) is 43.7 Å². The van der Waals surface area contributed by atoms with Gasteiger partial charge in [-0.25, -0.2) is 0 Å². The number of benzene rings is 2. The van der Waals surface area contributed by atoms with E-state index in [9.17, 15) is 19.7 Å². The van der Waals surface area contributed by atoms with E-state index in [1.165, 1.54) is 40.9 Å². The van der Waals surface area contributed by atoms with Crippen LogP contribution in [0.25, 0.3) is 5.57 Å². The quantitative estimate of drug-likeness (QED) is 0.375. The largest absolute Gasteiger partial charge is 0.274 e. The third-order valence-corrected chi connectivity index (χ3v) is 5.60. The van der Waals surface area contributed by atoms with Crippen LogP contribution in [-0.2, 0) is 15.3 Å². The van der Waals surface area contributed by atoms with Gasteiger partial charge in [-0.15, -0.1) is 11.8 Å². The topological polar surface area (TPSA) is 80.5 Å². The van der Waals surface area contributed by atoms with Crippen molar-refractivity contribution < 1.29 is 14.5 Å². The van der Waals surface area contributed by atoms with Crippen LogP contribution in [0.4, 0.5) is 5.69 Å². The Morgan fingerprint density at radius 2 is 1.68 bits per heavy atom. The Kier molecular flexibility index (Phi) is 6.26. The lowest BCUT2D eigenvalue weighted by molar-refractivity contribution is -0.384. The molecule has 2 amide bonds. The van der Waals surface area contributed by atoms with E-state index in [0.717, 1.165) is 18.4 Å². The van der Waals surface area contributed by atoms with Crippen molar-refractivity contribution in [1.82, 2.24) is 4.90 Å². The minimum absolute atomic E-state index is 0.0533. The summed E-state index contributed by atoms with van der Waals surface area (Å²) in [5.41, 5.74) is 1.85. The van der Waals surface area contributed by atoms with E-state index in [4.69, 9.17) is 0 Å². The van der Waals surface area contributed by atoms with Crippen LogP contribution in [0.5, 0.6) is 0 Å². The molecule has 1 aliphatic heterocycles. The van der Waals surface area contributed by atoms with Crippen LogP contribution in [0.15, 0.2) is 59.5 Å². The van der Waals surface area contributed by atoms with Crippen molar-refractivity contribution in [2.45, 2.75) is 25.5 Å². The second-order valence-electron chi connectivity index (χ2n) is 6.40. The predicted octanol–water partition coefficient (Wildman–Crippen LogP) is 4.41. The molecule has 2 aromatic rings. The zero-order valence-corrected chi connectivity index (χ0v) is 16.3. The number of carbonyl (C=O) groups is 2. The molecule has 0 aromatic heterocycles. The normalized spacial score (nSPS) is 14.1. The number of hydrogen-bond donors (Lipinski definition) is 0. The maximum atomic E-state index is 13.0. The molecule has 0 aliphatic carbocycles. The molecule has 0 spiro atoms. The smallest absolute Gasteiger partial charge is 0.269 e. The Morgan fingerprint density at radius 3 is 2.29 bits per heavy atom. The second kappa shape index (κ2) is 8.84. The molecule has 1 heterocycles. The van der Waals surface area contributed by atoms with Gasteiger partial charge in [0.25, 0.3) is 17.5 Å². The van der Waals surface area contributed by atoms with Gasteiger partial charge in [0.15, 0.2) is 0 Å². The highest BCUT2D eigenvalue weighted by Crippen LogP contribution is 2.38. The molecule has 3 rings (SSSR count). The first-order valence-corrected chi connectivity index (χ1v) is 10.0. The summed E-state index contributed by atoms with van der Waals surface area (Å²) in [5, 5.41) is 10.9. The average Bonchev–Trinajstić information content (AvgIpc) is 2.95. The highest BCUT2D eigenvalue weighted by atomic mass is 32.2. The Morgan fingerprint density at radius 1 is 1.00 bits per heavy atom. The number of carbonyl (C=O) groups excluding carboxylic acids is 2. The first-order valence-electron chi connectivity index (χ1n) is 9.05. The van der Waals surface area contributed by atoms with Crippen LogP contribution in [-0.4, -0.2) is 28.2 Å². The third-order valence-electron chi connectivity index (χ3n) is 4.45. The summed E-state index contributed by atoms with van der Waals surface area (Å²) in [4.78, 5) is 38.0. The number of non-ortho nitro benzene ring substituents is 1. The van der Waals surface area contributed by atoms with Crippen LogP contribution in [0.1, 0.15) is 30.9 Å². The van der Waals surface area contributed by atoms with Crippen molar-refractivity contribution in [3.63, 3.8) is 0 Å². The monoisotopic (exact) mass is 396 g/mol. The van der Waals surface area contributed by atoms with Crippen LogP contribution < -0.4 is 0 Å². The number of nitro benzene ring substituents is 1. The minimum atomic E-state index is -0.488. The number of nitrogens with zero attached hydrogens (tertiary/aromatic N) is 2. The zero-order valence-electron chi connectivity index (χ0n) is 15.5. The van der Waals surface area contributed by atoms with Gasteiger partial charge in [-0.3, -0.25) is 24.6 Å². The highest BCUT2D eigenvalue weighted by molar-refractivity contribution is 8.03. The lowest BCUT2D eigenvalue weighted by Gasteiger charge is -2.14. The summed E-state index contributed by atoms with van der Waals surface area (Å²) in [6.45, 7) is 2.38. The maximum absolute atomic E-state index is 13.0. The van der Waals surface area contributed by atoms with Gasteiger partial charge in [-0.2, -0.15) is 0 Å². The standard InChI is InChI=1S/C21H20N2O4S/c1-2-3-13-22-20(24)18(16-9-11-17(12-10-16)23(26)27)19(21(22)25)28-14-15-7-5-4-6-8-15/h4-12H,2-3,13-14H2,1H3. The fourth-order valence-electron chi connectivity index (χ4n) is 2.94. The van der Waals surface area contributed by atoms with Gasteiger partial charge >= 0.3 is 0 Å². The molecule has 2 aromatic carbocycles. The van der Waals surface area contributed by atoms with E-state index < -0.39 is 4.92 Å². The predicted molar refractivity (Wildman–Crippen MR) is 109 cm³/mol. The number of hydrogen-bond acceptors (Lipinski definition) is 5. The van der Waals surface area contributed by atoms with Gasteiger partial charge in [0.1, 0.15) is 0 Å². The fraction of sp³-hybridized carbons (Fsp3) is 0.238. The SMILES string of the molecule is CCCCN1C(=O)C(SCc2ccccc2)=C(c2ccc([N+](=O)[O-])cc2)C1=O. The Bertz CT molecular complexity index is 923. The molecule has 0 radical (unpaired) electrons. The summed E-state index contributed by atoms with van der Waals surface area (Å²) < 4.78 is 0. The van der Waals surface area contributed by atoms with E-state index in [0.29, 0.717) is 28.3 Å². The molecule has 144 valence electrons. The molecule has 0 N–H and O–H groups in total. The van der Waals surface area contributed by atoms with Gasteiger partial charge in [0.2, 0.25) is 0 Å². The Hall–Kier alpha value is -2.93. The molecule has 0 bridgehead atoms. The summed E-state index contributed by atoms with van der Waals surface area (Å²) in [6.07, 6.45) is 1.61. The lowest BCUT2D eigenvalue weighted by atomic mass is 10.1. The van der Waals surface area contributed by atoms with Gasteiger partial charge in [0.05, 0.1) is 15.4 Å². The lowest BCUT2D eigenvalue weighted by Crippen LogP contribution is -2.32. The van der Waals surface area contributed by atoms with E-state index in [1.54, 1.807) is 0 Å². The van der Waals surface area contributed by atoms with Crippen molar-refractivity contribution in [3.05, 3.63) is 80.7 Å². The molecule has 6 nitrogen and oxygen atoms in total. The Balaban J connectivity index is 1.94. The van der Waals surface area contributed by atoms with Crippen LogP contribution in [0.2, 0.25) is 0 Å². The highest BCUT2D eigenvalue weighted by Gasteiger charge is 2.38. The summed E-state index contributed by atoms with van der Waals surface area (Å²) >= 11 is 1.33. The number of unbranched alkanes of at least 4 members (excludes halogenated alkanes) is 1. The van der Waals surface area contributed by atoms with Gasteiger partial charge in [0, 0.05) is 24.4 Å². The van der Waals surface area contributed by atoms with Gasteiger partial charge in [-0.05, 0) is 29.7 Å². The molecule has 0 saturated carbocycles. The molecule has 7 heteroatoms. The number of imide groups is 1.